The predicted molar refractivity (Wildman–Crippen MR) is 84.8 cm³/mol. The van der Waals surface area contributed by atoms with Gasteiger partial charge in [-0.25, -0.2) is 0 Å². The zero-order valence-corrected chi connectivity index (χ0v) is 12.1. The van der Waals surface area contributed by atoms with E-state index in [1.165, 1.54) is 36.6 Å². The molecule has 20 heavy (non-hydrogen) atoms. The fourth-order valence-corrected chi connectivity index (χ4v) is 3.30. The lowest BCUT2D eigenvalue weighted by Crippen LogP contribution is -2.39. The number of nitrogens with zero attached hydrogens (tertiary/aromatic N) is 1. The van der Waals surface area contributed by atoms with Crippen LogP contribution in [0.25, 0.3) is 10.9 Å². The van der Waals surface area contributed by atoms with Crippen molar-refractivity contribution in [2.75, 3.05) is 6.54 Å². The Labute approximate surface area is 121 Å². The van der Waals surface area contributed by atoms with Crippen LogP contribution in [0.4, 0.5) is 0 Å². The zero-order chi connectivity index (χ0) is 13.8. The summed E-state index contributed by atoms with van der Waals surface area (Å²) in [5, 5.41) is 5.00. The van der Waals surface area contributed by atoms with Gasteiger partial charge >= 0.3 is 0 Å². The molecule has 2 aromatic rings. The number of para-hydroxylation sites is 1. The lowest BCUT2D eigenvalue weighted by molar-refractivity contribution is 0.337. The Bertz CT molecular complexity index is 546. The van der Waals surface area contributed by atoms with Crippen LogP contribution in [0.5, 0.6) is 0 Å². The second-order valence-corrected chi connectivity index (χ2v) is 6.00. The van der Waals surface area contributed by atoms with Crippen LogP contribution in [-0.2, 0) is 6.54 Å². The summed E-state index contributed by atoms with van der Waals surface area (Å²) in [6, 6.07) is 11.8. The summed E-state index contributed by atoms with van der Waals surface area (Å²) in [6.45, 7) is 2.17. The van der Waals surface area contributed by atoms with Gasteiger partial charge in [0.15, 0.2) is 0 Å². The van der Waals surface area contributed by atoms with Crippen molar-refractivity contribution < 1.29 is 0 Å². The first kappa shape index (κ1) is 13.7. The van der Waals surface area contributed by atoms with E-state index in [-0.39, 0.29) is 0 Å². The molecule has 0 spiro atoms. The number of hydrogen-bond donors (Lipinski definition) is 2. The monoisotopic (exact) mass is 271 g/mol. The predicted octanol–water partition coefficient (Wildman–Crippen LogP) is 2.89. The highest BCUT2D eigenvalue weighted by molar-refractivity contribution is 5.79. The summed E-state index contributed by atoms with van der Waals surface area (Å²) in [4.78, 5) is 0. The Kier molecular flexibility index (Phi) is 4.38. The lowest BCUT2D eigenvalue weighted by Gasteiger charge is -2.27. The fourth-order valence-electron chi connectivity index (χ4n) is 3.30. The molecule has 2 atom stereocenters. The van der Waals surface area contributed by atoms with Crippen LogP contribution in [-0.4, -0.2) is 23.2 Å². The van der Waals surface area contributed by atoms with Crippen molar-refractivity contribution in [1.29, 1.82) is 0 Å². The van der Waals surface area contributed by atoms with Gasteiger partial charge in [0.25, 0.3) is 0 Å². The van der Waals surface area contributed by atoms with Crippen LogP contribution in [0.15, 0.2) is 36.5 Å². The van der Waals surface area contributed by atoms with E-state index in [4.69, 9.17) is 5.73 Å². The molecule has 0 radical (unpaired) electrons. The number of benzene rings is 1. The first-order valence-corrected chi connectivity index (χ1v) is 7.86. The van der Waals surface area contributed by atoms with Crippen molar-refractivity contribution >= 4 is 10.9 Å². The van der Waals surface area contributed by atoms with Gasteiger partial charge in [0, 0.05) is 30.3 Å². The summed E-state index contributed by atoms with van der Waals surface area (Å²) >= 11 is 0. The molecule has 3 nitrogen and oxygen atoms in total. The minimum Gasteiger partial charge on any atom is -0.347 e. The summed E-state index contributed by atoms with van der Waals surface area (Å²) < 4.78 is 2.35. The average Bonchev–Trinajstić information content (AvgIpc) is 2.87. The number of nitrogens with two attached hydrogens (primary N) is 1. The second-order valence-electron chi connectivity index (χ2n) is 6.00. The maximum atomic E-state index is 6.02. The van der Waals surface area contributed by atoms with Gasteiger partial charge in [-0.2, -0.15) is 0 Å². The van der Waals surface area contributed by atoms with Gasteiger partial charge in [0.2, 0.25) is 0 Å². The normalized spacial score (nSPS) is 23.2. The minimum atomic E-state index is 0.412. The molecule has 1 heterocycles. The molecular weight excluding hydrogens is 246 g/mol. The van der Waals surface area contributed by atoms with Crippen LogP contribution in [0.2, 0.25) is 0 Å². The molecule has 0 saturated heterocycles. The minimum absolute atomic E-state index is 0.412. The van der Waals surface area contributed by atoms with Crippen molar-refractivity contribution in [2.24, 2.45) is 5.73 Å². The number of nitrogens with one attached hydrogen (secondary N) is 1. The van der Waals surface area contributed by atoms with Crippen molar-refractivity contribution in [1.82, 2.24) is 9.88 Å². The zero-order valence-electron chi connectivity index (χ0n) is 12.1. The van der Waals surface area contributed by atoms with Crippen LogP contribution in [0.3, 0.4) is 0 Å². The molecular formula is C17H25N3. The summed E-state index contributed by atoms with van der Waals surface area (Å²) in [7, 11) is 0. The Morgan fingerprint density at radius 3 is 3.00 bits per heavy atom. The molecule has 2 unspecified atom stereocenters. The number of fused-ring (bicyclic) bond motifs is 1. The quantitative estimate of drug-likeness (QED) is 0.821. The molecule has 0 amide bonds. The molecule has 1 saturated carbocycles. The molecule has 108 valence electrons. The van der Waals surface area contributed by atoms with Gasteiger partial charge in [-0.05, 0) is 49.7 Å². The summed E-state index contributed by atoms with van der Waals surface area (Å²) in [6.07, 6.45) is 8.28. The molecule has 1 aliphatic carbocycles. The van der Waals surface area contributed by atoms with Crippen molar-refractivity contribution in [3.05, 3.63) is 36.5 Å². The van der Waals surface area contributed by atoms with E-state index in [0.29, 0.717) is 12.1 Å². The highest BCUT2D eigenvalue weighted by Crippen LogP contribution is 2.17. The Balaban J connectivity index is 1.46. The van der Waals surface area contributed by atoms with Crippen LogP contribution in [0.1, 0.15) is 32.1 Å². The molecule has 0 bridgehead atoms. The molecule has 3 N–H and O–H groups in total. The van der Waals surface area contributed by atoms with E-state index in [9.17, 15) is 0 Å². The third kappa shape index (κ3) is 3.22. The Morgan fingerprint density at radius 1 is 1.20 bits per heavy atom. The number of hydrogen-bond acceptors (Lipinski definition) is 2. The van der Waals surface area contributed by atoms with Crippen LogP contribution >= 0.6 is 0 Å². The second kappa shape index (κ2) is 6.42. The topological polar surface area (TPSA) is 43.0 Å². The van der Waals surface area contributed by atoms with Crippen LogP contribution in [0, 0.1) is 0 Å². The average molecular weight is 271 g/mol. The van der Waals surface area contributed by atoms with Gasteiger partial charge in [0.1, 0.15) is 0 Å². The Hall–Kier alpha value is -1.32. The summed E-state index contributed by atoms with van der Waals surface area (Å²) in [5.74, 6) is 0. The largest absolute Gasteiger partial charge is 0.347 e. The van der Waals surface area contributed by atoms with Gasteiger partial charge < -0.3 is 15.6 Å². The fraction of sp³-hybridized carbons (Fsp3) is 0.529. The standard InChI is InChI=1S/C17H25N3/c18-15-6-3-7-16(13-15)19-10-4-11-20-12-9-14-5-1-2-8-17(14)20/h1-2,5,8-9,12,15-16,19H,3-4,6-7,10-11,13,18H2. The van der Waals surface area contributed by atoms with Crippen molar-refractivity contribution in [3.8, 4) is 0 Å². The maximum absolute atomic E-state index is 6.02. The highest BCUT2D eigenvalue weighted by Gasteiger charge is 2.17. The van der Waals surface area contributed by atoms with E-state index < -0.39 is 0 Å². The third-order valence-corrected chi connectivity index (χ3v) is 4.40. The van der Waals surface area contributed by atoms with Gasteiger partial charge in [-0.15, -0.1) is 0 Å². The highest BCUT2D eigenvalue weighted by atomic mass is 15.0. The molecule has 1 aromatic heterocycles. The van der Waals surface area contributed by atoms with E-state index in [1.807, 2.05) is 0 Å². The molecule has 1 fully saturated rings. The first-order valence-electron chi connectivity index (χ1n) is 7.86. The van der Waals surface area contributed by atoms with E-state index >= 15 is 0 Å². The molecule has 1 aromatic carbocycles. The Morgan fingerprint density at radius 2 is 2.10 bits per heavy atom. The number of aryl methyl sites for hydroxylation is 1. The van der Waals surface area contributed by atoms with Crippen molar-refractivity contribution in [2.45, 2.75) is 50.7 Å². The van der Waals surface area contributed by atoms with Gasteiger partial charge in [-0.3, -0.25) is 0 Å². The number of rotatable bonds is 5. The molecule has 3 heteroatoms. The molecule has 3 rings (SSSR count). The van der Waals surface area contributed by atoms with Gasteiger partial charge in [-0.1, -0.05) is 24.6 Å². The smallest absolute Gasteiger partial charge is 0.0480 e. The maximum Gasteiger partial charge on any atom is 0.0480 e. The van der Waals surface area contributed by atoms with E-state index in [0.717, 1.165) is 19.5 Å². The lowest BCUT2D eigenvalue weighted by atomic mass is 9.91. The molecule has 0 aliphatic heterocycles. The van der Waals surface area contributed by atoms with E-state index in [2.05, 4.69) is 46.4 Å². The summed E-state index contributed by atoms with van der Waals surface area (Å²) in [5.41, 5.74) is 7.36. The third-order valence-electron chi connectivity index (χ3n) is 4.40. The SMILES string of the molecule is NC1CCCC(NCCCn2ccc3ccccc32)C1. The molecule has 1 aliphatic rings. The number of aromatic nitrogens is 1. The van der Waals surface area contributed by atoms with E-state index in [1.54, 1.807) is 0 Å². The first-order chi connectivity index (χ1) is 9.83. The van der Waals surface area contributed by atoms with Crippen LogP contribution < -0.4 is 11.1 Å². The van der Waals surface area contributed by atoms with Gasteiger partial charge in [0.05, 0.1) is 0 Å². The van der Waals surface area contributed by atoms with Crippen molar-refractivity contribution in [3.63, 3.8) is 0 Å².